The number of hydrogen-bond donors (Lipinski definition) is 2. The molecule has 5 nitrogen and oxygen atoms in total. The van der Waals surface area contributed by atoms with E-state index in [0.29, 0.717) is 23.5 Å². The average molecular weight is 388 g/mol. The lowest BCUT2D eigenvalue weighted by molar-refractivity contribution is -0.136. The Morgan fingerprint density at radius 1 is 0.966 bits per heavy atom. The van der Waals surface area contributed by atoms with Gasteiger partial charge in [-0.3, -0.25) is 4.79 Å². The fourth-order valence-corrected chi connectivity index (χ4v) is 2.96. The Kier molecular flexibility index (Phi) is 6.76. The summed E-state index contributed by atoms with van der Waals surface area (Å²) in [6.07, 6.45) is 2.41. The number of nitrogens with one attached hydrogen (secondary N) is 1. The van der Waals surface area contributed by atoms with Crippen molar-refractivity contribution in [2.24, 2.45) is 5.10 Å². The van der Waals surface area contributed by atoms with Crippen LogP contribution in [0.1, 0.15) is 30.0 Å². The maximum atomic E-state index is 13.0. The highest BCUT2D eigenvalue weighted by Crippen LogP contribution is 2.29. The molecule has 5 heteroatoms. The molecule has 3 aromatic rings. The lowest BCUT2D eigenvalue weighted by Crippen LogP contribution is -2.43. The highest BCUT2D eigenvalue weighted by molar-refractivity contribution is 5.91. The minimum absolute atomic E-state index is 0.463. The smallest absolute Gasteiger partial charge is 0.281 e. The first-order chi connectivity index (χ1) is 14.2. The second-order valence-corrected chi connectivity index (χ2v) is 6.53. The number of carbonyl (C=O) groups is 1. The number of ether oxygens (including phenoxy) is 1. The van der Waals surface area contributed by atoms with Crippen LogP contribution in [0.3, 0.4) is 0 Å². The molecule has 2 N–H and O–H groups in total. The highest BCUT2D eigenvalue weighted by atomic mass is 16.5. The van der Waals surface area contributed by atoms with E-state index in [9.17, 15) is 9.90 Å². The van der Waals surface area contributed by atoms with Crippen LogP contribution in [-0.2, 0) is 10.4 Å². The van der Waals surface area contributed by atoms with Gasteiger partial charge in [-0.15, -0.1) is 0 Å². The summed E-state index contributed by atoms with van der Waals surface area (Å²) >= 11 is 0. The van der Waals surface area contributed by atoms with Crippen molar-refractivity contribution in [1.29, 1.82) is 0 Å². The zero-order valence-corrected chi connectivity index (χ0v) is 16.3. The number of aliphatic hydroxyl groups is 1. The third-order valence-corrected chi connectivity index (χ3v) is 4.46. The molecular formula is C24H24N2O3. The predicted octanol–water partition coefficient (Wildman–Crippen LogP) is 3.86. The second kappa shape index (κ2) is 9.66. The topological polar surface area (TPSA) is 70.9 Å². The standard InChI is InChI=1S/C24H24N2O3/c1-2-17-29-22-16-10-9-11-19(22)18-25-26-23(27)24(28,20-12-5-3-6-13-20)21-14-7-4-8-15-21/h3-16,18,28H,2,17H2,1H3,(H,26,27). The Balaban J connectivity index is 1.85. The quantitative estimate of drug-likeness (QED) is 0.455. The van der Waals surface area contributed by atoms with Gasteiger partial charge in [0.05, 0.1) is 12.8 Å². The first-order valence-electron chi connectivity index (χ1n) is 9.55. The van der Waals surface area contributed by atoms with Crippen LogP contribution in [0.15, 0.2) is 90.0 Å². The Labute approximate surface area is 170 Å². The fourth-order valence-electron chi connectivity index (χ4n) is 2.96. The fraction of sp³-hybridized carbons (Fsp3) is 0.167. The van der Waals surface area contributed by atoms with Crippen molar-refractivity contribution in [3.05, 3.63) is 102 Å². The third kappa shape index (κ3) is 4.70. The van der Waals surface area contributed by atoms with Crippen LogP contribution in [-0.4, -0.2) is 23.8 Å². The van der Waals surface area contributed by atoms with Gasteiger partial charge in [0.2, 0.25) is 0 Å². The van der Waals surface area contributed by atoms with E-state index < -0.39 is 11.5 Å². The molecule has 0 bridgehead atoms. The summed E-state index contributed by atoms with van der Waals surface area (Å²) in [4.78, 5) is 13.0. The molecule has 0 radical (unpaired) electrons. The summed E-state index contributed by atoms with van der Waals surface area (Å²) in [5.74, 6) is 0.0480. The monoisotopic (exact) mass is 388 g/mol. The molecule has 148 valence electrons. The van der Waals surface area contributed by atoms with Crippen LogP contribution in [0, 0.1) is 0 Å². The lowest BCUT2D eigenvalue weighted by atomic mass is 9.85. The summed E-state index contributed by atoms with van der Waals surface area (Å²) in [7, 11) is 0. The number of hydrazone groups is 1. The largest absolute Gasteiger partial charge is 0.493 e. The van der Waals surface area contributed by atoms with Crippen molar-refractivity contribution >= 4 is 12.1 Å². The number of nitrogens with zero attached hydrogens (tertiary/aromatic N) is 1. The first-order valence-corrected chi connectivity index (χ1v) is 9.55. The molecule has 0 heterocycles. The van der Waals surface area contributed by atoms with Gasteiger partial charge in [0.25, 0.3) is 5.91 Å². The molecule has 0 atom stereocenters. The Hall–Kier alpha value is -3.44. The minimum Gasteiger partial charge on any atom is -0.493 e. The minimum atomic E-state index is -1.86. The number of amides is 1. The zero-order chi connectivity index (χ0) is 20.5. The van der Waals surface area contributed by atoms with E-state index in [4.69, 9.17) is 4.74 Å². The van der Waals surface area contributed by atoms with Crippen molar-refractivity contribution in [3.63, 3.8) is 0 Å². The molecule has 0 fully saturated rings. The summed E-state index contributed by atoms with van der Waals surface area (Å²) < 4.78 is 5.70. The van der Waals surface area contributed by atoms with Crippen LogP contribution in [0.5, 0.6) is 5.75 Å². The van der Waals surface area contributed by atoms with E-state index in [1.165, 1.54) is 6.21 Å². The molecule has 0 aromatic heterocycles. The normalized spacial score (nSPS) is 11.4. The van der Waals surface area contributed by atoms with Crippen LogP contribution in [0.4, 0.5) is 0 Å². The lowest BCUT2D eigenvalue weighted by Gasteiger charge is -2.27. The Bertz CT molecular complexity index is 917. The number of para-hydroxylation sites is 1. The van der Waals surface area contributed by atoms with E-state index in [2.05, 4.69) is 10.5 Å². The van der Waals surface area contributed by atoms with Crippen molar-refractivity contribution in [2.75, 3.05) is 6.61 Å². The van der Waals surface area contributed by atoms with Crippen molar-refractivity contribution in [1.82, 2.24) is 5.43 Å². The summed E-state index contributed by atoms with van der Waals surface area (Å²) in [5, 5.41) is 15.4. The van der Waals surface area contributed by atoms with Crippen LogP contribution < -0.4 is 10.2 Å². The highest BCUT2D eigenvalue weighted by Gasteiger charge is 2.39. The maximum absolute atomic E-state index is 13.0. The summed E-state index contributed by atoms with van der Waals surface area (Å²) in [6.45, 7) is 2.63. The van der Waals surface area contributed by atoms with Gasteiger partial charge < -0.3 is 9.84 Å². The van der Waals surface area contributed by atoms with Gasteiger partial charge in [0, 0.05) is 5.56 Å². The summed E-state index contributed by atoms with van der Waals surface area (Å²) in [5.41, 5.74) is 2.28. The molecular weight excluding hydrogens is 364 g/mol. The van der Waals surface area contributed by atoms with Gasteiger partial charge in [-0.05, 0) is 29.7 Å². The number of carbonyl (C=O) groups excluding carboxylic acids is 1. The Morgan fingerprint density at radius 3 is 2.10 bits per heavy atom. The van der Waals surface area contributed by atoms with Crippen LogP contribution >= 0.6 is 0 Å². The van der Waals surface area contributed by atoms with Crippen LogP contribution in [0.2, 0.25) is 0 Å². The molecule has 3 aromatic carbocycles. The van der Waals surface area contributed by atoms with Crippen molar-refractivity contribution in [2.45, 2.75) is 18.9 Å². The van der Waals surface area contributed by atoms with Crippen molar-refractivity contribution < 1.29 is 14.6 Å². The Morgan fingerprint density at radius 2 is 1.52 bits per heavy atom. The van der Waals surface area contributed by atoms with Crippen molar-refractivity contribution in [3.8, 4) is 5.75 Å². The molecule has 0 saturated carbocycles. The third-order valence-electron chi connectivity index (χ3n) is 4.46. The molecule has 0 saturated heterocycles. The van der Waals surface area contributed by atoms with E-state index in [-0.39, 0.29) is 0 Å². The van der Waals surface area contributed by atoms with Gasteiger partial charge in [-0.2, -0.15) is 5.10 Å². The second-order valence-electron chi connectivity index (χ2n) is 6.53. The van der Waals surface area contributed by atoms with Gasteiger partial charge >= 0.3 is 0 Å². The number of hydrogen-bond acceptors (Lipinski definition) is 4. The molecule has 0 unspecified atom stereocenters. The van der Waals surface area contributed by atoms with E-state index >= 15 is 0 Å². The van der Waals surface area contributed by atoms with Crippen LogP contribution in [0.25, 0.3) is 0 Å². The zero-order valence-electron chi connectivity index (χ0n) is 16.3. The first kappa shape index (κ1) is 20.3. The van der Waals surface area contributed by atoms with Gasteiger partial charge in [0.15, 0.2) is 5.60 Å². The molecule has 0 spiro atoms. The molecule has 0 aliphatic rings. The maximum Gasteiger partial charge on any atom is 0.281 e. The molecule has 0 aliphatic carbocycles. The van der Waals surface area contributed by atoms with Gasteiger partial charge in [-0.1, -0.05) is 79.7 Å². The van der Waals surface area contributed by atoms with E-state index in [0.717, 1.165) is 12.0 Å². The number of rotatable bonds is 8. The summed E-state index contributed by atoms with van der Waals surface area (Å²) in [6, 6.07) is 25.1. The number of benzene rings is 3. The van der Waals surface area contributed by atoms with Gasteiger partial charge in [0.1, 0.15) is 5.75 Å². The molecule has 0 aliphatic heterocycles. The molecule has 1 amide bonds. The molecule has 3 rings (SSSR count). The molecule has 29 heavy (non-hydrogen) atoms. The average Bonchev–Trinajstić information content (AvgIpc) is 2.79. The van der Waals surface area contributed by atoms with Gasteiger partial charge in [-0.25, -0.2) is 5.43 Å². The predicted molar refractivity (Wildman–Crippen MR) is 114 cm³/mol. The van der Waals surface area contributed by atoms with E-state index in [1.807, 2.05) is 43.3 Å². The SMILES string of the molecule is CCCOc1ccccc1C=NNC(=O)C(O)(c1ccccc1)c1ccccc1. The van der Waals surface area contributed by atoms with E-state index in [1.54, 1.807) is 48.5 Å².